The van der Waals surface area contributed by atoms with Gasteiger partial charge in [-0.3, -0.25) is 4.79 Å². The van der Waals surface area contributed by atoms with E-state index in [1.54, 1.807) is 13.0 Å². The number of amides is 1. The highest BCUT2D eigenvalue weighted by Crippen LogP contribution is 2.32. The number of carbonyl (C=O) groups is 2. The lowest BCUT2D eigenvalue weighted by atomic mass is 10.1. The molecule has 1 atom stereocenters. The Bertz CT molecular complexity index is 862. The second kappa shape index (κ2) is 9.05. The van der Waals surface area contributed by atoms with Crippen molar-refractivity contribution in [2.75, 3.05) is 26.1 Å². The maximum absolute atomic E-state index is 12.2. The van der Waals surface area contributed by atoms with E-state index in [0.717, 1.165) is 11.3 Å². The van der Waals surface area contributed by atoms with Crippen LogP contribution < -0.4 is 14.8 Å². The molecule has 1 aliphatic heterocycles. The number of hydrogen-bond donors (Lipinski definition) is 1. The zero-order valence-electron chi connectivity index (χ0n) is 16.1. The van der Waals surface area contributed by atoms with Gasteiger partial charge in [-0.25, -0.2) is 4.79 Å². The summed E-state index contributed by atoms with van der Waals surface area (Å²) in [6.07, 6.45) is 0. The van der Waals surface area contributed by atoms with Gasteiger partial charge in [0, 0.05) is 0 Å². The molecule has 8 heteroatoms. The van der Waals surface area contributed by atoms with Crippen LogP contribution in [-0.4, -0.2) is 38.0 Å². The molecule has 1 aromatic carbocycles. The smallest absolute Gasteiger partial charge is 0.341 e. The lowest BCUT2D eigenvalue weighted by Gasteiger charge is -2.21. The monoisotopic (exact) mass is 405 g/mol. The number of fused-ring (bicyclic) bond motifs is 1. The second-order valence-corrected chi connectivity index (χ2v) is 7.34. The lowest BCUT2D eigenvalue weighted by molar-refractivity contribution is -0.119. The fourth-order valence-electron chi connectivity index (χ4n) is 2.87. The van der Waals surface area contributed by atoms with Crippen molar-refractivity contribution in [1.82, 2.24) is 5.32 Å². The summed E-state index contributed by atoms with van der Waals surface area (Å²) in [5.74, 6) is 2.84. The molecule has 7 nitrogen and oxygen atoms in total. The van der Waals surface area contributed by atoms with Gasteiger partial charge in [0.1, 0.15) is 30.3 Å². The van der Waals surface area contributed by atoms with Crippen LogP contribution in [0.3, 0.4) is 0 Å². The molecule has 0 spiro atoms. The van der Waals surface area contributed by atoms with Gasteiger partial charge in [0.05, 0.1) is 24.7 Å². The van der Waals surface area contributed by atoms with Gasteiger partial charge < -0.3 is 23.9 Å². The fraction of sp³-hybridized carbons (Fsp3) is 0.400. The molecular formula is C20H23NO6S. The Hall–Kier alpha value is -2.61. The van der Waals surface area contributed by atoms with E-state index < -0.39 is 5.97 Å². The second-order valence-electron chi connectivity index (χ2n) is 6.36. The highest BCUT2D eigenvalue weighted by Gasteiger charge is 2.17. The number of ether oxygens (including phenoxy) is 3. The van der Waals surface area contributed by atoms with Gasteiger partial charge in [-0.1, -0.05) is 6.07 Å². The summed E-state index contributed by atoms with van der Waals surface area (Å²) in [6.45, 7) is 4.71. The molecule has 2 heterocycles. The molecule has 0 unspecified atom stereocenters. The Morgan fingerprint density at radius 2 is 1.96 bits per heavy atom. The van der Waals surface area contributed by atoms with Crippen LogP contribution in [0.15, 0.2) is 28.7 Å². The van der Waals surface area contributed by atoms with E-state index in [9.17, 15) is 9.59 Å². The van der Waals surface area contributed by atoms with Gasteiger partial charge in [-0.2, -0.15) is 0 Å². The molecule has 1 N–H and O–H groups in total. The molecule has 1 aliphatic rings. The normalized spacial score (nSPS) is 13.7. The van der Waals surface area contributed by atoms with Gasteiger partial charge in [0.2, 0.25) is 5.91 Å². The Kier molecular flexibility index (Phi) is 6.51. The molecule has 0 radical (unpaired) electrons. The van der Waals surface area contributed by atoms with E-state index in [1.807, 2.05) is 25.1 Å². The van der Waals surface area contributed by atoms with Crippen molar-refractivity contribution < 1.29 is 28.2 Å². The van der Waals surface area contributed by atoms with Crippen LogP contribution in [0.1, 0.15) is 40.4 Å². The number of thioether (sulfide) groups is 1. The number of carbonyl (C=O) groups excluding carboxylic acids is 2. The first kappa shape index (κ1) is 20.1. The first-order valence-corrected chi connectivity index (χ1v) is 10.1. The molecule has 0 saturated carbocycles. The molecule has 0 saturated heterocycles. The molecule has 1 aromatic heterocycles. The highest BCUT2D eigenvalue weighted by atomic mass is 32.2. The van der Waals surface area contributed by atoms with Crippen LogP contribution in [0.2, 0.25) is 0 Å². The summed E-state index contributed by atoms with van der Waals surface area (Å²) < 4.78 is 21.3. The van der Waals surface area contributed by atoms with E-state index in [2.05, 4.69) is 5.32 Å². The number of nitrogens with one attached hydrogen (secondary N) is 1. The third kappa shape index (κ3) is 4.81. The molecule has 0 aliphatic carbocycles. The molecule has 150 valence electrons. The fourth-order valence-corrected chi connectivity index (χ4v) is 3.58. The molecule has 2 aromatic rings. The summed E-state index contributed by atoms with van der Waals surface area (Å²) in [5, 5.41) is 2.97. The van der Waals surface area contributed by atoms with Crippen LogP contribution in [0, 0.1) is 6.92 Å². The summed E-state index contributed by atoms with van der Waals surface area (Å²) in [6, 6.07) is 7.18. The number of aryl methyl sites for hydroxylation is 1. The molecule has 28 heavy (non-hydrogen) atoms. The Balaban J connectivity index is 1.48. The summed E-state index contributed by atoms with van der Waals surface area (Å²) >= 11 is 1.41. The minimum absolute atomic E-state index is 0.0798. The van der Waals surface area contributed by atoms with Gasteiger partial charge in [-0.05, 0) is 37.6 Å². The minimum atomic E-state index is -0.427. The minimum Gasteiger partial charge on any atom is -0.486 e. The average molecular weight is 405 g/mol. The van der Waals surface area contributed by atoms with Crippen molar-refractivity contribution >= 4 is 23.6 Å². The predicted molar refractivity (Wildman–Crippen MR) is 105 cm³/mol. The van der Waals surface area contributed by atoms with E-state index >= 15 is 0 Å². The average Bonchev–Trinajstić information content (AvgIpc) is 3.07. The third-order valence-electron chi connectivity index (χ3n) is 4.30. The van der Waals surface area contributed by atoms with E-state index in [-0.39, 0.29) is 17.7 Å². The zero-order chi connectivity index (χ0) is 20.1. The predicted octanol–water partition coefficient (Wildman–Crippen LogP) is 3.26. The molecule has 1 amide bonds. The van der Waals surface area contributed by atoms with E-state index in [4.69, 9.17) is 18.6 Å². The number of benzene rings is 1. The van der Waals surface area contributed by atoms with Crippen LogP contribution in [0.5, 0.6) is 11.5 Å². The largest absolute Gasteiger partial charge is 0.486 e. The van der Waals surface area contributed by atoms with Crippen molar-refractivity contribution in [2.24, 2.45) is 0 Å². The van der Waals surface area contributed by atoms with Crippen molar-refractivity contribution in [3.05, 3.63) is 46.9 Å². The standard InChI is InChI=1S/C20H23NO6S/c1-12(14-4-5-17-18(8-14)26-7-6-25-17)21-19(22)11-28-10-15-9-16(13(2)27-15)20(23)24-3/h4-5,8-9,12H,6-7,10-11H2,1-3H3,(H,21,22)/t12-/m0/s1. The van der Waals surface area contributed by atoms with E-state index in [0.29, 0.717) is 41.8 Å². The molecule has 0 bridgehead atoms. The lowest BCUT2D eigenvalue weighted by Crippen LogP contribution is -2.28. The Morgan fingerprint density at radius 3 is 2.71 bits per heavy atom. The summed E-state index contributed by atoms with van der Waals surface area (Å²) in [5.41, 5.74) is 1.36. The Labute approximate surface area is 167 Å². The van der Waals surface area contributed by atoms with Gasteiger partial charge in [0.15, 0.2) is 11.5 Å². The van der Waals surface area contributed by atoms with Crippen LogP contribution >= 0.6 is 11.8 Å². The number of rotatable bonds is 7. The third-order valence-corrected chi connectivity index (χ3v) is 5.25. The van der Waals surface area contributed by atoms with Crippen molar-refractivity contribution in [2.45, 2.75) is 25.6 Å². The molecule has 3 rings (SSSR count). The van der Waals surface area contributed by atoms with E-state index in [1.165, 1.54) is 18.9 Å². The number of esters is 1. The number of methoxy groups -OCH3 is 1. The van der Waals surface area contributed by atoms with Crippen LogP contribution in [-0.2, 0) is 15.3 Å². The maximum Gasteiger partial charge on any atom is 0.341 e. The zero-order valence-corrected chi connectivity index (χ0v) is 16.9. The van der Waals surface area contributed by atoms with Gasteiger partial charge in [-0.15, -0.1) is 11.8 Å². The Morgan fingerprint density at radius 1 is 1.21 bits per heavy atom. The van der Waals surface area contributed by atoms with Gasteiger partial charge >= 0.3 is 5.97 Å². The topological polar surface area (TPSA) is 87.0 Å². The highest BCUT2D eigenvalue weighted by molar-refractivity contribution is 7.99. The quantitative estimate of drug-likeness (QED) is 0.708. The van der Waals surface area contributed by atoms with Crippen LogP contribution in [0.4, 0.5) is 0 Å². The van der Waals surface area contributed by atoms with Gasteiger partial charge in [0.25, 0.3) is 0 Å². The molecule has 0 fully saturated rings. The maximum atomic E-state index is 12.2. The summed E-state index contributed by atoms with van der Waals surface area (Å²) in [4.78, 5) is 23.8. The van der Waals surface area contributed by atoms with Crippen LogP contribution in [0.25, 0.3) is 0 Å². The number of furan rings is 1. The molecular weight excluding hydrogens is 382 g/mol. The number of hydrogen-bond acceptors (Lipinski definition) is 7. The van der Waals surface area contributed by atoms with Crippen molar-refractivity contribution in [3.8, 4) is 11.5 Å². The summed E-state index contributed by atoms with van der Waals surface area (Å²) in [7, 11) is 1.33. The van der Waals surface area contributed by atoms with Crippen molar-refractivity contribution in [3.63, 3.8) is 0 Å². The van der Waals surface area contributed by atoms with Crippen molar-refractivity contribution in [1.29, 1.82) is 0 Å². The SMILES string of the molecule is COC(=O)c1cc(CSCC(=O)N[C@@H](C)c2ccc3c(c2)OCCO3)oc1C. The first-order chi connectivity index (χ1) is 13.5. The first-order valence-electron chi connectivity index (χ1n) is 8.92.